The molecular weight excluding hydrogens is 210 g/mol. The van der Waals surface area contributed by atoms with Crippen LogP contribution in [0.15, 0.2) is 12.2 Å². The van der Waals surface area contributed by atoms with E-state index in [2.05, 4.69) is 11.9 Å². The fourth-order valence-electron chi connectivity index (χ4n) is 1.39. The molecule has 90 valence electrons. The summed E-state index contributed by atoms with van der Waals surface area (Å²) >= 11 is 0. The molecule has 0 aliphatic carbocycles. The van der Waals surface area contributed by atoms with Crippen LogP contribution in [-0.2, 0) is 9.84 Å². The largest absolute Gasteiger partial charge is 0.315 e. The maximum absolute atomic E-state index is 11.7. The quantitative estimate of drug-likeness (QED) is 0.711. The first-order valence-corrected chi connectivity index (χ1v) is 7.09. The molecule has 0 fully saturated rings. The zero-order valence-corrected chi connectivity index (χ0v) is 11.2. The van der Waals surface area contributed by atoms with Crippen LogP contribution in [0.1, 0.15) is 33.6 Å². The van der Waals surface area contributed by atoms with Crippen molar-refractivity contribution < 1.29 is 8.42 Å². The van der Waals surface area contributed by atoms with Gasteiger partial charge in [-0.05, 0) is 33.7 Å². The van der Waals surface area contributed by atoms with Crippen molar-refractivity contribution in [3.05, 3.63) is 12.2 Å². The minimum atomic E-state index is -3.07. The van der Waals surface area contributed by atoms with E-state index in [0.29, 0.717) is 6.42 Å². The number of rotatable bonds is 6. The fourth-order valence-corrected chi connectivity index (χ4v) is 2.10. The SMILES string of the molecule is C=C(CC)CC(NC)C(C)(C)S(C)(=O)=O. The molecule has 1 N–H and O–H groups in total. The van der Waals surface area contributed by atoms with Gasteiger partial charge in [0.15, 0.2) is 9.84 Å². The van der Waals surface area contributed by atoms with Crippen LogP contribution in [0.4, 0.5) is 0 Å². The highest BCUT2D eigenvalue weighted by Crippen LogP contribution is 2.24. The Balaban J connectivity index is 4.90. The molecule has 0 bridgehead atoms. The van der Waals surface area contributed by atoms with Gasteiger partial charge in [-0.1, -0.05) is 19.1 Å². The van der Waals surface area contributed by atoms with Crippen molar-refractivity contribution in [3.8, 4) is 0 Å². The van der Waals surface area contributed by atoms with E-state index < -0.39 is 14.6 Å². The highest BCUT2D eigenvalue weighted by Gasteiger charge is 2.37. The van der Waals surface area contributed by atoms with Crippen molar-refractivity contribution in [1.29, 1.82) is 0 Å². The van der Waals surface area contributed by atoms with Crippen LogP contribution in [0.3, 0.4) is 0 Å². The van der Waals surface area contributed by atoms with Crippen molar-refractivity contribution in [1.82, 2.24) is 5.32 Å². The average Bonchev–Trinajstić information content (AvgIpc) is 2.11. The third-order valence-corrected chi connectivity index (χ3v) is 5.33. The monoisotopic (exact) mass is 233 g/mol. The summed E-state index contributed by atoms with van der Waals surface area (Å²) in [7, 11) is -1.28. The molecule has 15 heavy (non-hydrogen) atoms. The van der Waals surface area contributed by atoms with E-state index >= 15 is 0 Å². The predicted molar refractivity (Wildman–Crippen MR) is 65.8 cm³/mol. The normalized spacial score (nSPS) is 15.0. The van der Waals surface area contributed by atoms with Gasteiger partial charge < -0.3 is 5.32 Å². The Kier molecular flexibility index (Phi) is 5.00. The molecule has 1 unspecified atom stereocenters. The molecule has 0 aromatic rings. The lowest BCUT2D eigenvalue weighted by Crippen LogP contribution is -2.50. The smallest absolute Gasteiger partial charge is 0.154 e. The van der Waals surface area contributed by atoms with E-state index in [-0.39, 0.29) is 6.04 Å². The Morgan fingerprint density at radius 3 is 2.20 bits per heavy atom. The van der Waals surface area contributed by atoms with E-state index in [1.54, 1.807) is 20.9 Å². The van der Waals surface area contributed by atoms with Crippen LogP contribution in [0, 0.1) is 0 Å². The van der Waals surface area contributed by atoms with Crippen LogP contribution in [0.5, 0.6) is 0 Å². The second-order valence-corrected chi connectivity index (χ2v) is 7.12. The molecule has 3 nitrogen and oxygen atoms in total. The van der Waals surface area contributed by atoms with Gasteiger partial charge in [0, 0.05) is 12.3 Å². The Morgan fingerprint density at radius 1 is 1.47 bits per heavy atom. The summed E-state index contributed by atoms with van der Waals surface area (Å²) in [4.78, 5) is 0. The topological polar surface area (TPSA) is 46.2 Å². The summed E-state index contributed by atoms with van der Waals surface area (Å²) < 4.78 is 22.5. The first kappa shape index (κ1) is 14.6. The molecule has 0 saturated carbocycles. The summed E-state index contributed by atoms with van der Waals surface area (Å²) in [6.45, 7) is 9.46. The van der Waals surface area contributed by atoms with Gasteiger partial charge in [0.25, 0.3) is 0 Å². The Morgan fingerprint density at radius 2 is 1.93 bits per heavy atom. The zero-order valence-electron chi connectivity index (χ0n) is 10.4. The summed E-state index contributed by atoms with van der Waals surface area (Å²) in [5, 5.41) is 3.07. The Hall–Kier alpha value is -0.350. The van der Waals surface area contributed by atoms with E-state index in [1.807, 2.05) is 6.92 Å². The van der Waals surface area contributed by atoms with Crippen LogP contribution in [-0.4, -0.2) is 32.5 Å². The fraction of sp³-hybridized carbons (Fsp3) is 0.818. The van der Waals surface area contributed by atoms with Crippen molar-refractivity contribution in [2.45, 2.75) is 44.4 Å². The second-order valence-electron chi connectivity index (χ2n) is 4.52. The molecule has 0 radical (unpaired) electrons. The molecule has 1 atom stereocenters. The molecule has 0 aliphatic heterocycles. The van der Waals surface area contributed by atoms with E-state index in [0.717, 1.165) is 12.0 Å². The lowest BCUT2D eigenvalue weighted by atomic mass is 9.95. The zero-order chi connectivity index (χ0) is 12.3. The average molecular weight is 233 g/mol. The molecule has 0 aromatic heterocycles. The summed E-state index contributed by atoms with van der Waals surface area (Å²) in [5.74, 6) is 0. The minimum Gasteiger partial charge on any atom is -0.315 e. The third-order valence-electron chi connectivity index (χ3n) is 3.14. The van der Waals surface area contributed by atoms with E-state index in [1.165, 1.54) is 6.26 Å². The molecule has 0 saturated heterocycles. The van der Waals surface area contributed by atoms with Crippen LogP contribution < -0.4 is 5.32 Å². The van der Waals surface area contributed by atoms with Crippen molar-refractivity contribution in [2.24, 2.45) is 0 Å². The first-order chi connectivity index (χ1) is 6.66. The molecule has 0 spiro atoms. The van der Waals surface area contributed by atoms with Gasteiger partial charge in [-0.3, -0.25) is 0 Å². The molecule has 0 heterocycles. The van der Waals surface area contributed by atoms with Crippen LogP contribution in [0.2, 0.25) is 0 Å². The molecule has 4 heteroatoms. The highest BCUT2D eigenvalue weighted by molar-refractivity contribution is 7.92. The summed E-state index contributed by atoms with van der Waals surface area (Å²) in [6, 6.07) is -0.0834. The number of hydrogen-bond donors (Lipinski definition) is 1. The lowest BCUT2D eigenvalue weighted by molar-refractivity contribution is 0.428. The number of sulfone groups is 1. The van der Waals surface area contributed by atoms with Crippen molar-refractivity contribution in [2.75, 3.05) is 13.3 Å². The third kappa shape index (κ3) is 3.61. The van der Waals surface area contributed by atoms with Crippen molar-refractivity contribution >= 4 is 9.84 Å². The summed E-state index contributed by atoms with van der Waals surface area (Å²) in [5.41, 5.74) is 1.08. The van der Waals surface area contributed by atoms with Gasteiger partial charge in [0.05, 0.1) is 4.75 Å². The van der Waals surface area contributed by atoms with Gasteiger partial charge in [-0.15, -0.1) is 0 Å². The number of hydrogen-bond acceptors (Lipinski definition) is 3. The van der Waals surface area contributed by atoms with E-state index in [9.17, 15) is 8.42 Å². The van der Waals surface area contributed by atoms with E-state index in [4.69, 9.17) is 0 Å². The van der Waals surface area contributed by atoms with Gasteiger partial charge in [0.2, 0.25) is 0 Å². The van der Waals surface area contributed by atoms with Gasteiger partial charge >= 0.3 is 0 Å². The van der Waals surface area contributed by atoms with Gasteiger partial charge in [-0.2, -0.15) is 0 Å². The lowest BCUT2D eigenvalue weighted by Gasteiger charge is -2.33. The second kappa shape index (κ2) is 5.12. The first-order valence-electron chi connectivity index (χ1n) is 5.20. The predicted octanol–water partition coefficient (Wildman–Crippen LogP) is 1.75. The minimum absolute atomic E-state index is 0.0834. The van der Waals surface area contributed by atoms with Gasteiger partial charge in [0.1, 0.15) is 0 Å². The van der Waals surface area contributed by atoms with Crippen LogP contribution >= 0.6 is 0 Å². The number of nitrogens with one attached hydrogen (secondary N) is 1. The molecular formula is C11H23NO2S. The maximum Gasteiger partial charge on any atom is 0.154 e. The summed E-state index contributed by atoms with van der Waals surface area (Å²) in [6.07, 6.45) is 2.87. The van der Waals surface area contributed by atoms with Crippen LogP contribution in [0.25, 0.3) is 0 Å². The Labute approximate surface area is 93.9 Å². The molecule has 0 amide bonds. The molecule has 0 rings (SSSR count). The van der Waals surface area contributed by atoms with Crippen molar-refractivity contribution in [3.63, 3.8) is 0 Å². The molecule has 0 aromatic carbocycles. The Bertz CT molecular complexity index is 317. The van der Waals surface area contributed by atoms with Gasteiger partial charge in [-0.25, -0.2) is 8.42 Å². The standard InChI is InChI=1S/C11H23NO2S/c1-7-9(2)8-10(12-5)11(3,4)15(6,13)14/h10,12H,2,7-8H2,1,3-6H3. The molecule has 0 aliphatic rings. The highest BCUT2D eigenvalue weighted by atomic mass is 32.2. The maximum atomic E-state index is 11.7.